The van der Waals surface area contributed by atoms with Crippen LogP contribution in [0.3, 0.4) is 0 Å². The van der Waals surface area contributed by atoms with Crippen molar-refractivity contribution in [1.29, 1.82) is 0 Å². The minimum absolute atomic E-state index is 0.166. The molecule has 8 nitrogen and oxygen atoms in total. The molecule has 0 aliphatic rings. The number of nitrogens with zero attached hydrogens (tertiary/aromatic N) is 1. The van der Waals surface area contributed by atoms with Gasteiger partial charge in [0.1, 0.15) is 11.8 Å². The van der Waals surface area contributed by atoms with Gasteiger partial charge in [0.25, 0.3) is 11.8 Å². The molecule has 0 heterocycles. The van der Waals surface area contributed by atoms with E-state index in [0.29, 0.717) is 28.0 Å². The molecule has 1 atom stereocenters. The third-order valence-electron chi connectivity index (χ3n) is 3.79. The molecule has 0 saturated heterocycles. The zero-order valence-corrected chi connectivity index (χ0v) is 18.1. The maximum atomic E-state index is 12.2. The number of esters is 1. The Morgan fingerprint density at radius 1 is 1.13 bits per heavy atom. The first-order valence-corrected chi connectivity index (χ1v) is 9.96. The van der Waals surface area contributed by atoms with Gasteiger partial charge in [-0.05, 0) is 71.7 Å². The number of carbonyl (C=O) groups excluding carboxylic acids is 3. The van der Waals surface area contributed by atoms with E-state index in [9.17, 15) is 14.4 Å². The Kier molecular flexibility index (Phi) is 9.02. The van der Waals surface area contributed by atoms with Crippen LogP contribution >= 0.6 is 15.9 Å². The lowest BCUT2D eigenvalue weighted by atomic mass is 10.2. The van der Waals surface area contributed by atoms with E-state index in [1.165, 1.54) is 6.21 Å². The third-order valence-corrected chi connectivity index (χ3v) is 4.48. The number of halogens is 1. The van der Waals surface area contributed by atoms with Crippen LogP contribution in [0.25, 0.3) is 0 Å². The molecule has 1 unspecified atom stereocenters. The lowest BCUT2D eigenvalue weighted by Gasteiger charge is -2.12. The predicted molar refractivity (Wildman–Crippen MR) is 115 cm³/mol. The van der Waals surface area contributed by atoms with Crippen LogP contribution in [0.1, 0.15) is 29.8 Å². The Bertz CT molecular complexity index is 915. The molecule has 2 N–H and O–H groups in total. The van der Waals surface area contributed by atoms with E-state index >= 15 is 0 Å². The Morgan fingerprint density at radius 3 is 2.50 bits per heavy atom. The molecule has 0 radical (unpaired) electrons. The van der Waals surface area contributed by atoms with Gasteiger partial charge in [0.05, 0.1) is 18.4 Å². The van der Waals surface area contributed by atoms with E-state index in [1.54, 1.807) is 62.4 Å². The van der Waals surface area contributed by atoms with Crippen molar-refractivity contribution in [1.82, 2.24) is 10.7 Å². The van der Waals surface area contributed by atoms with Gasteiger partial charge in [0, 0.05) is 4.47 Å². The smallest absolute Gasteiger partial charge is 0.344 e. The van der Waals surface area contributed by atoms with Gasteiger partial charge in [-0.25, -0.2) is 10.2 Å². The second-order valence-corrected chi connectivity index (χ2v) is 6.93. The van der Waals surface area contributed by atoms with Crippen LogP contribution in [0.5, 0.6) is 5.75 Å². The highest BCUT2D eigenvalue weighted by Crippen LogP contribution is 2.15. The molecule has 30 heavy (non-hydrogen) atoms. The number of hydrogen-bond donors (Lipinski definition) is 2. The Balaban J connectivity index is 1.81. The fraction of sp³-hybridized carbons (Fsp3) is 0.238. The maximum Gasteiger partial charge on any atom is 0.344 e. The Hall–Kier alpha value is -3.20. The summed E-state index contributed by atoms with van der Waals surface area (Å²) in [5.74, 6) is -0.757. The molecule has 0 saturated carbocycles. The average molecular weight is 476 g/mol. The van der Waals surface area contributed by atoms with Crippen molar-refractivity contribution in [3.8, 4) is 5.75 Å². The van der Waals surface area contributed by atoms with Gasteiger partial charge in [0.2, 0.25) is 0 Å². The summed E-state index contributed by atoms with van der Waals surface area (Å²) in [4.78, 5) is 35.6. The summed E-state index contributed by atoms with van der Waals surface area (Å²) in [6, 6.07) is 12.9. The molecule has 158 valence electrons. The van der Waals surface area contributed by atoms with Gasteiger partial charge in [-0.3, -0.25) is 9.59 Å². The van der Waals surface area contributed by atoms with Crippen LogP contribution < -0.4 is 15.5 Å². The summed E-state index contributed by atoms with van der Waals surface area (Å²) in [5.41, 5.74) is 3.53. The number of hydrogen-bond acceptors (Lipinski definition) is 6. The third kappa shape index (κ3) is 7.32. The zero-order chi connectivity index (χ0) is 21.9. The molecule has 2 aromatic rings. The molecule has 9 heteroatoms. The van der Waals surface area contributed by atoms with E-state index in [-0.39, 0.29) is 12.5 Å². The number of benzene rings is 2. The van der Waals surface area contributed by atoms with Crippen molar-refractivity contribution in [2.45, 2.75) is 19.9 Å². The molecule has 2 rings (SSSR count). The number of hydrazone groups is 1. The van der Waals surface area contributed by atoms with E-state index in [4.69, 9.17) is 9.47 Å². The van der Waals surface area contributed by atoms with Crippen LogP contribution in [0.4, 0.5) is 0 Å². The first-order chi connectivity index (χ1) is 14.4. The van der Waals surface area contributed by atoms with Crippen LogP contribution in [-0.2, 0) is 14.3 Å². The fourth-order valence-electron chi connectivity index (χ4n) is 2.25. The molecular weight excluding hydrogens is 454 g/mol. The van der Waals surface area contributed by atoms with Gasteiger partial charge in [-0.1, -0.05) is 12.1 Å². The average Bonchev–Trinajstić information content (AvgIpc) is 2.73. The number of nitrogens with one attached hydrogen (secondary N) is 2. The Labute approximate surface area is 182 Å². The second kappa shape index (κ2) is 11.7. The van der Waals surface area contributed by atoms with Crippen LogP contribution in [0.2, 0.25) is 0 Å². The van der Waals surface area contributed by atoms with Gasteiger partial charge in [0.15, 0.2) is 6.61 Å². The zero-order valence-electron chi connectivity index (χ0n) is 16.6. The lowest BCUT2D eigenvalue weighted by molar-refractivity contribution is -0.145. The molecule has 0 bridgehead atoms. The van der Waals surface area contributed by atoms with Crippen molar-refractivity contribution in [2.24, 2.45) is 5.10 Å². The largest absolute Gasteiger partial charge is 0.482 e. The molecule has 0 fully saturated rings. The van der Waals surface area contributed by atoms with Crippen molar-refractivity contribution in [3.05, 3.63) is 64.1 Å². The first kappa shape index (κ1) is 23.1. The minimum Gasteiger partial charge on any atom is -0.482 e. The van der Waals surface area contributed by atoms with Crippen molar-refractivity contribution >= 4 is 39.9 Å². The lowest BCUT2D eigenvalue weighted by Crippen LogP contribution is -2.43. The van der Waals surface area contributed by atoms with E-state index < -0.39 is 17.9 Å². The molecule has 2 aromatic carbocycles. The number of ether oxygens (including phenoxy) is 2. The standard InChI is InChI=1S/C21H22BrN3O5/c1-3-29-19(26)13-30-16-10-8-15(9-11-16)12-23-25-20(27)14(2)24-21(28)17-6-4-5-7-18(17)22/h4-12,14H,3,13H2,1-2H3,(H,24,28)(H,25,27). The van der Waals surface area contributed by atoms with Gasteiger partial charge in [-0.15, -0.1) is 0 Å². The summed E-state index contributed by atoms with van der Waals surface area (Å²) >= 11 is 3.30. The quantitative estimate of drug-likeness (QED) is 0.329. The fourth-order valence-corrected chi connectivity index (χ4v) is 2.71. The van der Waals surface area contributed by atoms with Crippen LogP contribution in [0, 0.1) is 0 Å². The van der Waals surface area contributed by atoms with Crippen LogP contribution in [-0.4, -0.2) is 43.3 Å². The van der Waals surface area contributed by atoms with Crippen molar-refractivity contribution in [2.75, 3.05) is 13.2 Å². The summed E-state index contributed by atoms with van der Waals surface area (Å²) < 4.78 is 10.7. The SMILES string of the molecule is CCOC(=O)COc1ccc(C=NNC(=O)C(C)NC(=O)c2ccccc2Br)cc1. The van der Waals surface area contributed by atoms with Gasteiger partial charge >= 0.3 is 5.97 Å². The maximum absolute atomic E-state index is 12.2. The highest BCUT2D eigenvalue weighted by molar-refractivity contribution is 9.10. The van der Waals surface area contributed by atoms with Crippen LogP contribution in [0.15, 0.2) is 58.1 Å². The topological polar surface area (TPSA) is 106 Å². The highest BCUT2D eigenvalue weighted by Gasteiger charge is 2.17. The normalized spacial score (nSPS) is 11.6. The first-order valence-electron chi connectivity index (χ1n) is 9.17. The molecule has 0 aliphatic heterocycles. The summed E-state index contributed by atoms with van der Waals surface area (Å²) in [6.45, 7) is 3.42. The monoisotopic (exact) mass is 475 g/mol. The minimum atomic E-state index is -0.777. The van der Waals surface area contributed by atoms with Gasteiger partial charge < -0.3 is 14.8 Å². The predicted octanol–water partition coefficient (Wildman–Crippen LogP) is 2.66. The summed E-state index contributed by atoms with van der Waals surface area (Å²) in [5, 5.41) is 6.50. The molecular formula is C21H22BrN3O5. The molecule has 0 spiro atoms. The Morgan fingerprint density at radius 2 is 1.83 bits per heavy atom. The number of rotatable bonds is 9. The summed E-state index contributed by atoms with van der Waals surface area (Å²) in [6.07, 6.45) is 1.45. The second-order valence-electron chi connectivity index (χ2n) is 6.07. The van der Waals surface area contributed by atoms with E-state index in [1.807, 2.05) is 0 Å². The number of amides is 2. The summed E-state index contributed by atoms with van der Waals surface area (Å²) in [7, 11) is 0. The molecule has 0 aromatic heterocycles. The van der Waals surface area contributed by atoms with Crippen molar-refractivity contribution in [3.63, 3.8) is 0 Å². The van der Waals surface area contributed by atoms with Crippen molar-refractivity contribution < 1.29 is 23.9 Å². The van der Waals surface area contributed by atoms with E-state index in [0.717, 1.165) is 0 Å². The molecule has 0 aliphatic carbocycles. The number of carbonyl (C=O) groups is 3. The molecule has 2 amide bonds. The highest BCUT2D eigenvalue weighted by atomic mass is 79.9. The van der Waals surface area contributed by atoms with Gasteiger partial charge in [-0.2, -0.15) is 5.10 Å². The van der Waals surface area contributed by atoms with E-state index in [2.05, 4.69) is 31.8 Å².